The Morgan fingerprint density at radius 1 is 1.02 bits per heavy atom. The predicted molar refractivity (Wildman–Crippen MR) is 165 cm³/mol. The summed E-state index contributed by atoms with van der Waals surface area (Å²) in [5, 5.41) is 26.8. The lowest BCUT2D eigenvalue weighted by Crippen LogP contribution is -2.34. The number of Topliss-reactive ketones (excluding diaryl/α,β-unsaturated/α-hetero) is 1. The van der Waals surface area contributed by atoms with Crippen molar-refractivity contribution >= 4 is 47.9 Å². The van der Waals surface area contributed by atoms with Crippen molar-refractivity contribution in [1.82, 2.24) is 20.3 Å². The zero-order valence-corrected chi connectivity index (χ0v) is 24.7. The maximum Gasteiger partial charge on any atom is 0.303 e. The van der Waals surface area contributed by atoms with Gasteiger partial charge >= 0.3 is 5.97 Å². The number of ketones is 1. The number of allylic oxidation sites excluding steroid dienone is 1. The number of carbonyl (C=O) groups excluding carboxylic acids is 1. The number of nitrogens with one attached hydrogen (secondary N) is 4. The summed E-state index contributed by atoms with van der Waals surface area (Å²) in [7, 11) is 0. The van der Waals surface area contributed by atoms with Gasteiger partial charge in [-0.1, -0.05) is 33.4 Å². The van der Waals surface area contributed by atoms with Crippen molar-refractivity contribution in [2.75, 3.05) is 0 Å². The van der Waals surface area contributed by atoms with Gasteiger partial charge in [0, 0.05) is 62.7 Å². The number of aliphatic hydroxyl groups excluding tert-OH is 1. The molecule has 2 aliphatic heterocycles. The van der Waals surface area contributed by atoms with E-state index >= 15 is 0 Å². The van der Waals surface area contributed by atoms with E-state index in [9.17, 15) is 19.8 Å². The molecular weight excluding hydrogens is 528 g/mol. The summed E-state index contributed by atoms with van der Waals surface area (Å²) in [6, 6.07) is -0.191. The monoisotopic (exact) mass is 566 g/mol. The first-order valence-corrected chi connectivity index (χ1v) is 14.7. The Labute approximate surface area is 244 Å². The van der Waals surface area contributed by atoms with Crippen molar-refractivity contribution in [1.29, 1.82) is 0 Å². The molecule has 1 aliphatic carbocycles. The maximum absolute atomic E-state index is 13.7. The van der Waals surface area contributed by atoms with Crippen LogP contribution in [0.3, 0.4) is 0 Å². The van der Waals surface area contributed by atoms with Crippen LogP contribution in [-0.2, 0) is 11.2 Å². The number of carboxylic acids is 1. The van der Waals surface area contributed by atoms with E-state index in [1.165, 1.54) is 0 Å². The molecule has 0 radical (unpaired) electrons. The quantitative estimate of drug-likeness (QED) is 0.283. The highest BCUT2D eigenvalue weighted by Gasteiger charge is 2.44. The lowest BCUT2D eigenvalue weighted by atomic mass is 9.80. The molecule has 8 heteroatoms. The summed E-state index contributed by atoms with van der Waals surface area (Å²) in [5.41, 5.74) is 9.24. The number of hydrogen-bond acceptors (Lipinski definition) is 4. The fraction of sp³-hybridized carbons (Fsp3) is 0.353. The van der Waals surface area contributed by atoms with Crippen LogP contribution in [0.4, 0.5) is 0 Å². The third kappa shape index (κ3) is 4.03. The van der Waals surface area contributed by atoms with E-state index < -0.39 is 5.97 Å². The molecule has 0 aromatic carbocycles. The van der Waals surface area contributed by atoms with Crippen LogP contribution >= 0.6 is 0 Å². The topological polar surface area (TPSA) is 134 Å². The molecule has 8 nitrogen and oxygen atoms in total. The number of carboxylic acid groups (broad SMARTS) is 1. The average Bonchev–Trinajstić information content (AvgIpc) is 3.69. The summed E-state index contributed by atoms with van der Waals surface area (Å²) in [6.45, 7) is 14.2. The van der Waals surface area contributed by atoms with Crippen LogP contribution in [-0.4, -0.2) is 43.0 Å². The molecule has 5 heterocycles. The molecule has 1 saturated heterocycles. The molecule has 0 saturated carbocycles. The SMILES string of the molecule is C=Cc1c2[nH]c(c1C)/C=C1/NC(C3=c4[nH]/c(c(C)c4C(=O)[C@@H]3C)=C\c3[nH]c(/c(=C\O)c3CC)=C\2)[C@@H](CCC(=O)O)[C@@H]1C. The smallest absolute Gasteiger partial charge is 0.303 e. The molecule has 1 unspecified atom stereocenters. The zero-order chi connectivity index (χ0) is 30.0. The standard InChI is InChI=1S/C34H38N4O4/c1-7-19-15(3)23-11-24-16(4)21(9-10-29(40)41)32(37-24)30-18(6)34(42)31-17(5)25(38-33(30)31)12-27-20(8-2)22(14-39)28(36-27)13-26(19)35-23/h7,11-14,16,18,21,32,35-39H,1,8-10H2,2-6H3,(H,40,41)/b22-14-,24-11+,25-12-,28-13-/t16-,18+,21-,32?/m0/s1. The summed E-state index contributed by atoms with van der Waals surface area (Å²) < 4.78 is 0. The van der Waals surface area contributed by atoms with E-state index in [4.69, 9.17) is 0 Å². The van der Waals surface area contributed by atoms with Crippen molar-refractivity contribution in [3.8, 4) is 0 Å². The van der Waals surface area contributed by atoms with Gasteiger partial charge in [0.1, 0.15) is 0 Å². The highest BCUT2D eigenvalue weighted by molar-refractivity contribution is 6.08. The highest BCUT2D eigenvalue weighted by Crippen LogP contribution is 2.41. The molecule has 3 aliphatic rings. The largest absolute Gasteiger partial charge is 0.515 e. The molecule has 4 atom stereocenters. The van der Waals surface area contributed by atoms with Gasteiger partial charge < -0.3 is 30.5 Å². The van der Waals surface area contributed by atoms with Crippen molar-refractivity contribution in [3.05, 3.63) is 78.4 Å². The Balaban J connectivity index is 1.73. The van der Waals surface area contributed by atoms with Gasteiger partial charge in [0.15, 0.2) is 5.78 Å². The molecule has 1 fully saturated rings. The molecule has 6 N–H and O–H groups in total. The molecule has 0 spiro atoms. The number of carbonyl (C=O) groups is 2. The predicted octanol–water partition coefficient (Wildman–Crippen LogP) is 2.87. The zero-order valence-electron chi connectivity index (χ0n) is 24.7. The third-order valence-electron chi connectivity index (χ3n) is 9.73. The number of hydrogen-bond donors (Lipinski definition) is 6. The second-order valence-corrected chi connectivity index (χ2v) is 11.9. The van der Waals surface area contributed by atoms with Gasteiger partial charge in [-0.05, 0) is 73.1 Å². The van der Waals surface area contributed by atoms with Crippen molar-refractivity contribution < 1.29 is 19.8 Å². The first-order chi connectivity index (χ1) is 20.1. The van der Waals surface area contributed by atoms with Gasteiger partial charge in [-0.15, -0.1) is 0 Å². The number of aliphatic hydroxyl groups is 1. The van der Waals surface area contributed by atoms with E-state index in [1.807, 2.05) is 32.1 Å². The van der Waals surface area contributed by atoms with Gasteiger partial charge in [0.25, 0.3) is 0 Å². The van der Waals surface area contributed by atoms with Gasteiger partial charge in [-0.3, -0.25) is 9.59 Å². The van der Waals surface area contributed by atoms with E-state index in [0.29, 0.717) is 18.4 Å². The van der Waals surface area contributed by atoms with Crippen LogP contribution in [0.25, 0.3) is 36.1 Å². The van der Waals surface area contributed by atoms with Crippen LogP contribution in [0, 0.1) is 31.6 Å². The average molecular weight is 567 g/mol. The minimum absolute atomic E-state index is 0.00432. The highest BCUT2D eigenvalue weighted by atomic mass is 16.4. The van der Waals surface area contributed by atoms with Gasteiger partial charge in [-0.25, -0.2) is 0 Å². The Morgan fingerprint density at radius 2 is 1.76 bits per heavy atom. The lowest BCUT2D eigenvalue weighted by molar-refractivity contribution is -0.137. The first kappa shape index (κ1) is 27.7. The molecule has 3 aromatic rings. The molecular formula is C34H38N4O4. The van der Waals surface area contributed by atoms with Gasteiger partial charge in [0.2, 0.25) is 0 Å². The summed E-state index contributed by atoms with van der Waals surface area (Å²) >= 11 is 0. The first-order valence-electron chi connectivity index (χ1n) is 14.7. The maximum atomic E-state index is 13.7. The Hall–Kier alpha value is -4.46. The lowest BCUT2D eigenvalue weighted by Gasteiger charge is -2.24. The fourth-order valence-electron chi connectivity index (χ4n) is 7.39. The molecule has 8 bridgehead atoms. The van der Waals surface area contributed by atoms with Crippen molar-refractivity contribution in [2.24, 2.45) is 17.8 Å². The number of aromatic nitrogens is 3. The van der Waals surface area contributed by atoms with Crippen LogP contribution in [0.15, 0.2) is 12.3 Å². The van der Waals surface area contributed by atoms with E-state index in [0.717, 1.165) is 78.1 Å². The van der Waals surface area contributed by atoms with Crippen molar-refractivity contribution in [2.45, 2.75) is 59.9 Å². The van der Waals surface area contributed by atoms with Crippen molar-refractivity contribution in [3.63, 3.8) is 0 Å². The minimum atomic E-state index is -0.821. The van der Waals surface area contributed by atoms with Crippen LogP contribution in [0.5, 0.6) is 0 Å². The fourth-order valence-corrected chi connectivity index (χ4v) is 7.39. The molecule has 218 valence electrons. The van der Waals surface area contributed by atoms with E-state index in [1.54, 1.807) is 0 Å². The second-order valence-electron chi connectivity index (χ2n) is 11.9. The number of fused-ring (bicyclic) bond motifs is 8. The minimum Gasteiger partial charge on any atom is -0.515 e. The normalized spacial score (nSPS) is 25.8. The summed E-state index contributed by atoms with van der Waals surface area (Å²) in [6.07, 6.45) is 10.4. The number of aromatic amines is 3. The van der Waals surface area contributed by atoms with E-state index in [2.05, 4.69) is 53.7 Å². The third-order valence-corrected chi connectivity index (χ3v) is 9.73. The van der Waals surface area contributed by atoms with Crippen LogP contribution < -0.4 is 26.6 Å². The van der Waals surface area contributed by atoms with Gasteiger partial charge in [-0.2, -0.15) is 0 Å². The van der Waals surface area contributed by atoms with Crippen LogP contribution in [0.2, 0.25) is 0 Å². The number of H-pyrrole nitrogens is 3. The van der Waals surface area contributed by atoms with E-state index in [-0.39, 0.29) is 36.0 Å². The Bertz CT molecular complexity index is 1950. The Morgan fingerprint density at radius 3 is 2.43 bits per heavy atom. The summed E-state index contributed by atoms with van der Waals surface area (Å²) in [4.78, 5) is 36.1. The molecule has 3 aromatic heterocycles. The molecule has 6 rings (SSSR count). The number of aliphatic carboxylic acids is 1. The summed E-state index contributed by atoms with van der Waals surface area (Å²) in [5.74, 6) is -1.02. The number of rotatable bonds is 5. The van der Waals surface area contributed by atoms with Crippen LogP contribution in [0.1, 0.15) is 83.3 Å². The Kier molecular flexibility index (Phi) is 6.67. The molecule has 42 heavy (non-hydrogen) atoms. The second kappa shape index (κ2) is 10.1. The molecule has 0 amide bonds. The van der Waals surface area contributed by atoms with Gasteiger partial charge in [0.05, 0.1) is 23.0 Å².